The zero-order valence-corrected chi connectivity index (χ0v) is 9.60. The number of rotatable bonds is 7. The normalized spacial score (nSPS) is 13.3. The fraction of sp³-hybridized carbons (Fsp3) is 0.917. The maximum atomic E-state index is 10.7. The lowest BCUT2D eigenvalue weighted by Crippen LogP contribution is -2.00. The van der Waals surface area contributed by atoms with Crippen molar-refractivity contribution in [3.05, 3.63) is 0 Å². The second-order valence-corrected chi connectivity index (χ2v) is 4.67. The number of ketones is 1. The molecule has 0 amide bonds. The van der Waals surface area contributed by atoms with Gasteiger partial charge in [0.15, 0.2) is 0 Å². The topological polar surface area (TPSA) is 17.1 Å². The molecule has 0 fully saturated rings. The van der Waals surface area contributed by atoms with Crippen LogP contribution in [0.5, 0.6) is 0 Å². The fourth-order valence-corrected chi connectivity index (χ4v) is 1.47. The first kappa shape index (κ1) is 12.7. The molecule has 13 heavy (non-hydrogen) atoms. The maximum absolute atomic E-state index is 10.7. The molecule has 0 radical (unpaired) electrons. The van der Waals surface area contributed by atoms with Crippen molar-refractivity contribution in [2.24, 2.45) is 11.8 Å². The number of carbonyl (C=O) groups excluding carboxylic acids is 1. The van der Waals surface area contributed by atoms with E-state index in [0.29, 0.717) is 5.78 Å². The van der Waals surface area contributed by atoms with Gasteiger partial charge < -0.3 is 4.79 Å². The minimum Gasteiger partial charge on any atom is -0.300 e. The summed E-state index contributed by atoms with van der Waals surface area (Å²) in [4.78, 5) is 10.7. The molecule has 0 aliphatic carbocycles. The summed E-state index contributed by atoms with van der Waals surface area (Å²) in [5.74, 6) is 1.87. The molecule has 0 unspecified atom stereocenters. The van der Waals surface area contributed by atoms with E-state index in [9.17, 15) is 4.79 Å². The lowest BCUT2D eigenvalue weighted by atomic mass is 9.95. The summed E-state index contributed by atoms with van der Waals surface area (Å²) in [5.41, 5.74) is 0. The van der Waals surface area contributed by atoms with Gasteiger partial charge >= 0.3 is 0 Å². The van der Waals surface area contributed by atoms with E-state index in [1.54, 1.807) is 6.92 Å². The van der Waals surface area contributed by atoms with Gasteiger partial charge in [-0.25, -0.2) is 0 Å². The van der Waals surface area contributed by atoms with Gasteiger partial charge in [-0.3, -0.25) is 0 Å². The molecule has 0 rings (SSSR count). The highest BCUT2D eigenvalue weighted by atomic mass is 16.1. The summed E-state index contributed by atoms with van der Waals surface area (Å²) in [5, 5.41) is 0. The molecule has 78 valence electrons. The molecule has 0 bridgehead atoms. The number of hydrogen-bond acceptors (Lipinski definition) is 1. The molecule has 0 aliphatic rings. The van der Waals surface area contributed by atoms with E-state index in [4.69, 9.17) is 0 Å². The largest absolute Gasteiger partial charge is 0.300 e. The van der Waals surface area contributed by atoms with Crippen LogP contribution >= 0.6 is 0 Å². The highest BCUT2D eigenvalue weighted by molar-refractivity contribution is 5.75. The number of Topliss-reactive ketones (excluding diaryl/α,β-unsaturated/α-hetero) is 1. The van der Waals surface area contributed by atoms with E-state index in [1.165, 1.54) is 19.3 Å². The summed E-state index contributed by atoms with van der Waals surface area (Å²) in [6.07, 6.45) is 5.77. The van der Waals surface area contributed by atoms with Crippen LogP contribution in [0.3, 0.4) is 0 Å². The molecule has 0 heterocycles. The minimum atomic E-state index is 0.329. The third-order valence-electron chi connectivity index (χ3n) is 2.47. The summed E-state index contributed by atoms with van der Waals surface area (Å²) in [6, 6.07) is 0. The van der Waals surface area contributed by atoms with Crippen molar-refractivity contribution in [1.82, 2.24) is 0 Å². The van der Waals surface area contributed by atoms with Gasteiger partial charge in [-0.1, -0.05) is 40.0 Å². The van der Waals surface area contributed by atoms with Crippen molar-refractivity contribution in [2.45, 2.75) is 59.8 Å². The zero-order valence-electron chi connectivity index (χ0n) is 9.60. The van der Waals surface area contributed by atoms with Crippen LogP contribution in [0.4, 0.5) is 0 Å². The quantitative estimate of drug-likeness (QED) is 0.588. The Kier molecular flexibility index (Phi) is 6.93. The van der Waals surface area contributed by atoms with E-state index < -0.39 is 0 Å². The lowest BCUT2D eigenvalue weighted by molar-refractivity contribution is -0.117. The Labute approximate surface area is 82.9 Å². The third kappa shape index (κ3) is 9.59. The minimum absolute atomic E-state index is 0.329. The van der Waals surface area contributed by atoms with Gasteiger partial charge in [-0.05, 0) is 25.2 Å². The zero-order chi connectivity index (χ0) is 10.3. The second-order valence-electron chi connectivity index (χ2n) is 4.67. The average Bonchev–Trinajstić information content (AvgIpc) is 2.00. The van der Waals surface area contributed by atoms with Crippen LogP contribution in [0, 0.1) is 11.8 Å². The molecule has 0 aliphatic heterocycles. The van der Waals surface area contributed by atoms with Gasteiger partial charge in [0.1, 0.15) is 5.78 Å². The van der Waals surface area contributed by atoms with Crippen LogP contribution in [0.1, 0.15) is 59.8 Å². The predicted molar refractivity (Wildman–Crippen MR) is 57.8 cm³/mol. The summed E-state index contributed by atoms with van der Waals surface area (Å²) in [6.45, 7) is 8.46. The molecule has 0 spiro atoms. The van der Waals surface area contributed by atoms with E-state index in [1.807, 2.05) is 0 Å². The van der Waals surface area contributed by atoms with Gasteiger partial charge in [0.25, 0.3) is 0 Å². The van der Waals surface area contributed by atoms with Crippen LogP contribution in [-0.4, -0.2) is 5.78 Å². The SMILES string of the molecule is CC(=O)CC[C@@H](C)CCCC(C)C. The van der Waals surface area contributed by atoms with Crippen molar-refractivity contribution in [2.75, 3.05) is 0 Å². The third-order valence-corrected chi connectivity index (χ3v) is 2.47. The average molecular weight is 184 g/mol. The Bertz CT molecular complexity index is 138. The first-order chi connectivity index (χ1) is 6.02. The first-order valence-corrected chi connectivity index (χ1v) is 5.51. The summed E-state index contributed by atoms with van der Waals surface area (Å²) in [7, 11) is 0. The lowest BCUT2D eigenvalue weighted by Gasteiger charge is -2.10. The van der Waals surface area contributed by atoms with Crippen molar-refractivity contribution < 1.29 is 4.79 Å². The molecule has 1 heteroatoms. The fourth-order valence-electron chi connectivity index (χ4n) is 1.47. The van der Waals surface area contributed by atoms with Crippen molar-refractivity contribution in [3.8, 4) is 0 Å². The molecular weight excluding hydrogens is 160 g/mol. The van der Waals surface area contributed by atoms with Gasteiger partial charge in [-0.15, -0.1) is 0 Å². The van der Waals surface area contributed by atoms with Crippen LogP contribution < -0.4 is 0 Å². The standard InChI is InChI=1S/C12H24O/c1-10(2)6-5-7-11(3)8-9-12(4)13/h10-11H,5-9H2,1-4H3/t11-/m0/s1. The molecule has 1 nitrogen and oxygen atoms in total. The monoisotopic (exact) mass is 184 g/mol. The Balaban J connectivity index is 3.30. The van der Waals surface area contributed by atoms with E-state index in [-0.39, 0.29) is 0 Å². The molecule has 0 saturated carbocycles. The summed E-state index contributed by atoms with van der Waals surface area (Å²) < 4.78 is 0. The smallest absolute Gasteiger partial charge is 0.129 e. The molecule has 0 saturated heterocycles. The second kappa shape index (κ2) is 7.11. The van der Waals surface area contributed by atoms with Crippen molar-refractivity contribution in [1.29, 1.82) is 0 Å². The van der Waals surface area contributed by atoms with Gasteiger partial charge in [0.2, 0.25) is 0 Å². The van der Waals surface area contributed by atoms with E-state index in [2.05, 4.69) is 20.8 Å². The number of hydrogen-bond donors (Lipinski definition) is 0. The van der Waals surface area contributed by atoms with Crippen LogP contribution in [0.2, 0.25) is 0 Å². The molecule has 1 atom stereocenters. The highest BCUT2D eigenvalue weighted by Crippen LogP contribution is 2.16. The summed E-state index contributed by atoms with van der Waals surface area (Å²) >= 11 is 0. The highest BCUT2D eigenvalue weighted by Gasteiger charge is 2.04. The Hall–Kier alpha value is -0.330. The first-order valence-electron chi connectivity index (χ1n) is 5.51. The van der Waals surface area contributed by atoms with Crippen LogP contribution in [-0.2, 0) is 4.79 Å². The van der Waals surface area contributed by atoms with E-state index >= 15 is 0 Å². The maximum Gasteiger partial charge on any atom is 0.129 e. The van der Waals surface area contributed by atoms with Gasteiger partial charge in [-0.2, -0.15) is 0 Å². The molecule has 0 aromatic carbocycles. The molecule has 0 N–H and O–H groups in total. The van der Waals surface area contributed by atoms with Gasteiger partial charge in [0, 0.05) is 6.42 Å². The van der Waals surface area contributed by atoms with Crippen molar-refractivity contribution in [3.63, 3.8) is 0 Å². The van der Waals surface area contributed by atoms with Crippen LogP contribution in [0.15, 0.2) is 0 Å². The Morgan fingerprint density at radius 1 is 1.08 bits per heavy atom. The number of carbonyl (C=O) groups is 1. The Morgan fingerprint density at radius 2 is 1.69 bits per heavy atom. The van der Waals surface area contributed by atoms with Gasteiger partial charge in [0.05, 0.1) is 0 Å². The van der Waals surface area contributed by atoms with Crippen molar-refractivity contribution >= 4 is 5.78 Å². The predicted octanol–water partition coefficient (Wildman–Crippen LogP) is 3.82. The molecule has 0 aromatic heterocycles. The molecular formula is C12H24O. The Morgan fingerprint density at radius 3 is 2.15 bits per heavy atom. The molecule has 0 aromatic rings. The van der Waals surface area contributed by atoms with Crippen LogP contribution in [0.25, 0.3) is 0 Å². The van der Waals surface area contributed by atoms with E-state index in [0.717, 1.165) is 24.7 Å².